The number of hydrogen-bond donors (Lipinski definition) is 0. The van der Waals surface area contributed by atoms with E-state index in [-0.39, 0.29) is 23.8 Å². The van der Waals surface area contributed by atoms with Crippen molar-refractivity contribution in [3.63, 3.8) is 0 Å². The fraction of sp³-hybridized carbons (Fsp3) is 0.571. The van der Waals surface area contributed by atoms with Gasteiger partial charge >= 0.3 is 6.18 Å². The van der Waals surface area contributed by atoms with Gasteiger partial charge in [0.25, 0.3) is 0 Å². The average molecular weight is 337 g/mol. The van der Waals surface area contributed by atoms with Crippen LogP contribution in [0.15, 0.2) is 18.3 Å². The molecule has 1 saturated heterocycles. The van der Waals surface area contributed by atoms with Crippen LogP contribution in [0.3, 0.4) is 0 Å². The van der Waals surface area contributed by atoms with Gasteiger partial charge in [-0.15, -0.1) is 11.6 Å². The zero-order valence-corrected chi connectivity index (χ0v) is 12.9. The van der Waals surface area contributed by atoms with Crippen molar-refractivity contribution < 1.29 is 22.7 Å². The zero-order chi connectivity index (χ0) is 16.5. The lowest BCUT2D eigenvalue weighted by Gasteiger charge is -2.42. The first-order chi connectivity index (χ1) is 10.1. The van der Waals surface area contributed by atoms with Crippen LogP contribution in [0.5, 0.6) is 5.88 Å². The minimum Gasteiger partial charge on any atom is -0.471 e. The van der Waals surface area contributed by atoms with Crippen molar-refractivity contribution in [2.45, 2.75) is 26.1 Å². The molecule has 1 aromatic rings. The first kappa shape index (κ1) is 16.9. The average Bonchev–Trinajstić information content (AvgIpc) is 2.41. The minimum absolute atomic E-state index is 0.0940. The Morgan fingerprint density at radius 1 is 1.45 bits per heavy atom. The molecule has 1 amide bonds. The molecule has 1 aliphatic heterocycles. The first-order valence-electron chi connectivity index (χ1n) is 6.69. The van der Waals surface area contributed by atoms with Gasteiger partial charge in [0.05, 0.1) is 24.1 Å². The summed E-state index contributed by atoms with van der Waals surface area (Å²) in [6.45, 7) is 4.11. The lowest BCUT2D eigenvalue weighted by Crippen LogP contribution is -2.59. The summed E-state index contributed by atoms with van der Waals surface area (Å²) >= 11 is 5.74. The van der Waals surface area contributed by atoms with E-state index in [1.165, 1.54) is 0 Å². The van der Waals surface area contributed by atoms with E-state index in [2.05, 4.69) is 4.98 Å². The smallest absolute Gasteiger partial charge is 0.416 e. The second kappa shape index (κ2) is 5.95. The third kappa shape index (κ3) is 3.63. The van der Waals surface area contributed by atoms with Crippen LogP contribution in [-0.2, 0) is 11.0 Å². The van der Waals surface area contributed by atoms with Gasteiger partial charge in [0.15, 0.2) is 0 Å². The van der Waals surface area contributed by atoms with Gasteiger partial charge in [0, 0.05) is 18.1 Å². The number of rotatable bonds is 4. The quantitative estimate of drug-likeness (QED) is 0.794. The molecular weight excluding hydrogens is 321 g/mol. The zero-order valence-electron chi connectivity index (χ0n) is 12.2. The number of halogens is 4. The fourth-order valence-electron chi connectivity index (χ4n) is 1.98. The summed E-state index contributed by atoms with van der Waals surface area (Å²) in [5, 5.41) is 0. The van der Waals surface area contributed by atoms with Crippen molar-refractivity contribution in [3.05, 3.63) is 23.9 Å². The Bertz CT molecular complexity index is 557. The van der Waals surface area contributed by atoms with Gasteiger partial charge < -0.3 is 9.64 Å². The van der Waals surface area contributed by atoms with Crippen LogP contribution >= 0.6 is 11.6 Å². The second-order valence-corrected chi connectivity index (χ2v) is 6.12. The number of likely N-dealkylation sites (tertiary alicyclic amines) is 1. The van der Waals surface area contributed by atoms with Crippen LogP contribution in [-0.4, -0.2) is 40.9 Å². The number of ether oxygens (including phenoxy) is 1. The fourth-order valence-corrected chi connectivity index (χ4v) is 2.10. The molecule has 0 spiro atoms. The second-order valence-electron chi connectivity index (χ2n) is 5.85. The summed E-state index contributed by atoms with van der Waals surface area (Å²) in [6.07, 6.45) is -3.74. The Balaban J connectivity index is 1.92. The first-order valence-corrected chi connectivity index (χ1v) is 7.22. The Morgan fingerprint density at radius 2 is 2.09 bits per heavy atom. The molecule has 0 atom stereocenters. The maximum absolute atomic E-state index is 12.6. The molecule has 4 nitrogen and oxygen atoms in total. The monoisotopic (exact) mass is 336 g/mol. The Morgan fingerprint density at radius 3 is 2.64 bits per heavy atom. The number of carbonyl (C=O) groups is 1. The molecule has 8 heteroatoms. The van der Waals surface area contributed by atoms with E-state index in [0.717, 1.165) is 18.3 Å². The number of nitrogens with zero attached hydrogens (tertiary/aromatic N) is 2. The van der Waals surface area contributed by atoms with Gasteiger partial charge in [-0.05, 0) is 19.9 Å². The summed E-state index contributed by atoms with van der Waals surface area (Å²) in [5.74, 6) is 0.00568. The highest BCUT2D eigenvalue weighted by molar-refractivity contribution is 6.19. The molecule has 22 heavy (non-hydrogen) atoms. The van der Waals surface area contributed by atoms with E-state index in [9.17, 15) is 18.0 Å². The molecule has 2 heterocycles. The van der Waals surface area contributed by atoms with Gasteiger partial charge in [0.2, 0.25) is 11.8 Å². The van der Waals surface area contributed by atoms with Crippen LogP contribution in [0, 0.1) is 5.41 Å². The molecule has 0 aromatic carbocycles. The lowest BCUT2D eigenvalue weighted by molar-refractivity contribution is -0.148. The lowest BCUT2D eigenvalue weighted by atomic mass is 9.92. The normalized spacial score (nSPS) is 16.4. The predicted molar refractivity (Wildman–Crippen MR) is 74.7 cm³/mol. The standard InChI is InChI=1S/C14H16ClF3N2O2/c1-13(2,8-15)12(21)20-6-10(7-20)22-11-5-9(3-4-19-11)14(16,17)18/h3-5,10H,6-8H2,1-2H3. The van der Waals surface area contributed by atoms with E-state index in [4.69, 9.17) is 16.3 Å². The van der Waals surface area contributed by atoms with E-state index in [1.807, 2.05) is 0 Å². The van der Waals surface area contributed by atoms with Crippen LogP contribution in [0.2, 0.25) is 0 Å². The van der Waals surface area contributed by atoms with Gasteiger partial charge in [-0.2, -0.15) is 13.2 Å². The molecule has 1 fully saturated rings. The van der Waals surface area contributed by atoms with Crippen molar-refractivity contribution in [1.29, 1.82) is 0 Å². The maximum atomic E-state index is 12.6. The third-order valence-corrected chi connectivity index (χ3v) is 4.07. The summed E-state index contributed by atoms with van der Waals surface area (Å²) < 4.78 is 43.1. The van der Waals surface area contributed by atoms with E-state index < -0.39 is 17.2 Å². The van der Waals surface area contributed by atoms with Crippen LogP contribution in [0.1, 0.15) is 19.4 Å². The highest BCUT2D eigenvalue weighted by Crippen LogP contribution is 2.31. The molecule has 122 valence electrons. The third-order valence-electron chi connectivity index (χ3n) is 3.40. The molecule has 0 radical (unpaired) electrons. The highest BCUT2D eigenvalue weighted by atomic mass is 35.5. The van der Waals surface area contributed by atoms with Crippen LogP contribution in [0.4, 0.5) is 13.2 Å². The minimum atomic E-state index is -4.44. The largest absolute Gasteiger partial charge is 0.471 e. The molecular formula is C14H16ClF3N2O2. The van der Waals surface area contributed by atoms with Gasteiger partial charge in [-0.3, -0.25) is 4.79 Å². The molecule has 0 N–H and O–H groups in total. The number of hydrogen-bond acceptors (Lipinski definition) is 3. The van der Waals surface area contributed by atoms with E-state index in [1.54, 1.807) is 18.7 Å². The summed E-state index contributed by atoms with van der Waals surface area (Å²) in [7, 11) is 0. The number of aromatic nitrogens is 1. The van der Waals surface area contributed by atoms with Gasteiger partial charge in [-0.25, -0.2) is 4.98 Å². The predicted octanol–water partition coefficient (Wildman–Crippen LogP) is 2.96. The van der Waals surface area contributed by atoms with Crippen molar-refractivity contribution in [2.24, 2.45) is 5.41 Å². The molecule has 1 aliphatic rings. The summed E-state index contributed by atoms with van der Waals surface area (Å²) in [6, 6.07) is 1.74. The van der Waals surface area contributed by atoms with E-state index in [0.29, 0.717) is 13.1 Å². The Hall–Kier alpha value is -1.50. The Labute approximate surface area is 131 Å². The van der Waals surface area contributed by atoms with Crippen molar-refractivity contribution in [2.75, 3.05) is 19.0 Å². The Kier molecular flexibility index (Phi) is 4.56. The molecule has 0 aliphatic carbocycles. The van der Waals surface area contributed by atoms with Gasteiger partial charge in [-0.1, -0.05) is 0 Å². The summed E-state index contributed by atoms with van der Waals surface area (Å²) in [5.41, 5.74) is -1.48. The van der Waals surface area contributed by atoms with Crippen LogP contribution < -0.4 is 4.74 Å². The molecule has 0 unspecified atom stereocenters. The van der Waals surface area contributed by atoms with E-state index >= 15 is 0 Å². The topological polar surface area (TPSA) is 42.4 Å². The van der Waals surface area contributed by atoms with Gasteiger partial charge in [0.1, 0.15) is 6.10 Å². The van der Waals surface area contributed by atoms with Crippen LogP contribution in [0.25, 0.3) is 0 Å². The number of pyridine rings is 1. The molecule has 1 aromatic heterocycles. The molecule has 2 rings (SSSR count). The maximum Gasteiger partial charge on any atom is 0.416 e. The van der Waals surface area contributed by atoms with Crippen molar-refractivity contribution >= 4 is 17.5 Å². The number of amides is 1. The number of alkyl halides is 4. The molecule has 0 saturated carbocycles. The SMILES string of the molecule is CC(C)(CCl)C(=O)N1CC(Oc2cc(C(F)(F)F)ccn2)C1. The van der Waals surface area contributed by atoms with Crippen molar-refractivity contribution in [1.82, 2.24) is 9.88 Å². The summed E-state index contributed by atoms with van der Waals surface area (Å²) in [4.78, 5) is 17.4. The molecule has 0 bridgehead atoms. The van der Waals surface area contributed by atoms with Crippen molar-refractivity contribution in [3.8, 4) is 5.88 Å². The number of carbonyl (C=O) groups excluding carboxylic acids is 1. The highest BCUT2D eigenvalue weighted by Gasteiger charge is 2.39.